The van der Waals surface area contributed by atoms with Gasteiger partial charge in [0.15, 0.2) is 0 Å². The topological polar surface area (TPSA) is 92.5 Å². The maximum absolute atomic E-state index is 12.3. The number of nitrogens with two attached hydrogens (primary N) is 1. The number of fused-ring (bicyclic) bond motifs is 1. The van der Waals surface area contributed by atoms with Crippen LogP contribution in [0.15, 0.2) is 35.2 Å². The van der Waals surface area contributed by atoms with E-state index >= 15 is 0 Å². The molecule has 3 N–H and O–H groups in total. The summed E-state index contributed by atoms with van der Waals surface area (Å²) in [5.74, 6) is 0.942. The van der Waals surface area contributed by atoms with Crippen molar-refractivity contribution >= 4 is 15.9 Å². The Labute approximate surface area is 137 Å². The Morgan fingerprint density at radius 1 is 1.22 bits per heavy atom. The first-order valence-corrected chi connectivity index (χ1v) is 9.54. The van der Waals surface area contributed by atoms with Crippen LogP contribution in [0.1, 0.15) is 19.3 Å². The molecule has 6 nitrogen and oxygen atoms in total. The molecule has 3 atom stereocenters. The molecule has 126 valence electrons. The van der Waals surface area contributed by atoms with Crippen molar-refractivity contribution in [2.24, 2.45) is 17.6 Å². The van der Waals surface area contributed by atoms with E-state index < -0.39 is 10.0 Å². The van der Waals surface area contributed by atoms with Crippen molar-refractivity contribution in [3.8, 4) is 0 Å². The minimum absolute atomic E-state index is 0.00219. The molecule has 1 aliphatic heterocycles. The number of carbonyl (C=O) groups is 1. The van der Waals surface area contributed by atoms with Crippen LogP contribution in [0.4, 0.5) is 0 Å². The van der Waals surface area contributed by atoms with Crippen LogP contribution in [0.3, 0.4) is 0 Å². The Balaban J connectivity index is 1.49. The fraction of sp³-hybridized carbons (Fsp3) is 0.562. The monoisotopic (exact) mass is 337 g/mol. The summed E-state index contributed by atoms with van der Waals surface area (Å²) < 4.78 is 26.7. The molecule has 0 radical (unpaired) electrons. The summed E-state index contributed by atoms with van der Waals surface area (Å²) in [6, 6.07) is 8.38. The molecule has 1 aromatic rings. The Morgan fingerprint density at radius 3 is 2.65 bits per heavy atom. The van der Waals surface area contributed by atoms with Crippen molar-refractivity contribution in [3.63, 3.8) is 0 Å². The number of nitrogens with one attached hydrogen (secondary N) is 1. The molecule has 2 fully saturated rings. The van der Waals surface area contributed by atoms with Gasteiger partial charge in [0.1, 0.15) is 0 Å². The van der Waals surface area contributed by atoms with Gasteiger partial charge in [-0.25, -0.2) is 13.1 Å². The molecule has 1 saturated carbocycles. The minimum Gasteiger partial charge on any atom is -0.342 e. The Bertz CT molecular complexity index is 662. The van der Waals surface area contributed by atoms with E-state index in [1.54, 1.807) is 18.2 Å². The van der Waals surface area contributed by atoms with Gasteiger partial charge in [0.2, 0.25) is 15.9 Å². The Hall–Kier alpha value is -1.44. The molecule has 1 aromatic carbocycles. The predicted molar refractivity (Wildman–Crippen MR) is 87.0 cm³/mol. The Kier molecular flexibility index (Phi) is 4.70. The molecule has 1 amide bonds. The van der Waals surface area contributed by atoms with Crippen molar-refractivity contribution in [2.45, 2.75) is 30.2 Å². The largest absolute Gasteiger partial charge is 0.342 e. The molecule has 2 aliphatic rings. The third-order valence-corrected chi connectivity index (χ3v) is 6.43. The number of amides is 1. The van der Waals surface area contributed by atoms with Crippen LogP contribution in [0.5, 0.6) is 0 Å². The average Bonchev–Trinajstić information content (AvgIpc) is 3.10. The number of rotatable bonds is 5. The van der Waals surface area contributed by atoms with Crippen LogP contribution >= 0.6 is 0 Å². The summed E-state index contributed by atoms with van der Waals surface area (Å²) in [4.78, 5) is 14.3. The maximum Gasteiger partial charge on any atom is 0.240 e. The molecule has 0 spiro atoms. The first-order valence-electron chi connectivity index (χ1n) is 8.05. The zero-order chi connectivity index (χ0) is 16.4. The molecule has 0 bridgehead atoms. The zero-order valence-corrected chi connectivity index (χ0v) is 13.8. The molecule has 3 unspecified atom stereocenters. The van der Waals surface area contributed by atoms with Crippen molar-refractivity contribution < 1.29 is 13.2 Å². The van der Waals surface area contributed by atoms with E-state index in [1.165, 1.54) is 12.1 Å². The third kappa shape index (κ3) is 3.57. The van der Waals surface area contributed by atoms with Crippen LogP contribution in [0.25, 0.3) is 0 Å². The summed E-state index contributed by atoms with van der Waals surface area (Å²) in [5, 5.41) is 0. The molecule has 23 heavy (non-hydrogen) atoms. The summed E-state index contributed by atoms with van der Waals surface area (Å²) >= 11 is 0. The lowest BCUT2D eigenvalue weighted by atomic mass is 9.98. The van der Waals surface area contributed by atoms with Gasteiger partial charge in [0, 0.05) is 32.1 Å². The lowest BCUT2D eigenvalue weighted by Crippen LogP contribution is -2.35. The molecular formula is C16H23N3O3S. The number of hydrogen-bond acceptors (Lipinski definition) is 4. The summed E-state index contributed by atoms with van der Waals surface area (Å²) in [6.07, 6.45) is 2.32. The van der Waals surface area contributed by atoms with E-state index in [4.69, 9.17) is 5.73 Å². The van der Waals surface area contributed by atoms with E-state index in [1.807, 2.05) is 4.90 Å². The highest BCUT2D eigenvalue weighted by atomic mass is 32.2. The van der Waals surface area contributed by atoms with Gasteiger partial charge in [-0.1, -0.05) is 18.2 Å². The van der Waals surface area contributed by atoms with Crippen molar-refractivity contribution in [1.29, 1.82) is 0 Å². The lowest BCUT2D eigenvalue weighted by Gasteiger charge is -2.18. The SMILES string of the molecule is NC1CCC2CN(C(=O)CCNS(=O)(=O)c3ccccc3)CC12. The average molecular weight is 337 g/mol. The van der Waals surface area contributed by atoms with E-state index in [0.29, 0.717) is 11.8 Å². The van der Waals surface area contributed by atoms with Gasteiger partial charge >= 0.3 is 0 Å². The number of carbonyl (C=O) groups excluding carboxylic acids is 1. The molecular weight excluding hydrogens is 314 g/mol. The van der Waals surface area contributed by atoms with E-state index in [9.17, 15) is 13.2 Å². The molecule has 1 aliphatic carbocycles. The zero-order valence-electron chi connectivity index (χ0n) is 13.0. The second-order valence-corrected chi connectivity index (χ2v) is 8.19. The van der Waals surface area contributed by atoms with Gasteiger partial charge in [-0.05, 0) is 36.8 Å². The van der Waals surface area contributed by atoms with Crippen LogP contribution in [-0.4, -0.2) is 44.9 Å². The fourth-order valence-corrected chi connectivity index (χ4v) is 4.70. The summed E-state index contributed by atoms with van der Waals surface area (Å²) in [5.41, 5.74) is 6.07. The highest BCUT2D eigenvalue weighted by Crippen LogP contribution is 2.37. The normalized spacial score (nSPS) is 27.2. The Morgan fingerprint density at radius 2 is 1.96 bits per heavy atom. The van der Waals surface area contributed by atoms with E-state index in [2.05, 4.69) is 4.72 Å². The van der Waals surface area contributed by atoms with Crippen molar-refractivity contribution in [3.05, 3.63) is 30.3 Å². The predicted octanol–water partition coefficient (Wildman–Crippen LogP) is 0.551. The number of hydrogen-bond donors (Lipinski definition) is 2. The van der Waals surface area contributed by atoms with Crippen LogP contribution in [-0.2, 0) is 14.8 Å². The fourth-order valence-electron chi connectivity index (χ4n) is 3.64. The molecule has 7 heteroatoms. The van der Waals surface area contributed by atoms with Gasteiger partial charge in [0.05, 0.1) is 4.90 Å². The van der Waals surface area contributed by atoms with Gasteiger partial charge in [-0.15, -0.1) is 0 Å². The summed E-state index contributed by atoms with van der Waals surface area (Å²) in [6.45, 7) is 1.60. The number of likely N-dealkylation sites (tertiary alicyclic amines) is 1. The lowest BCUT2D eigenvalue weighted by molar-refractivity contribution is -0.130. The number of sulfonamides is 1. The van der Waals surface area contributed by atoms with E-state index in [0.717, 1.165) is 25.9 Å². The van der Waals surface area contributed by atoms with Gasteiger partial charge in [-0.3, -0.25) is 4.79 Å². The number of benzene rings is 1. The maximum atomic E-state index is 12.3. The van der Waals surface area contributed by atoms with Crippen LogP contribution in [0.2, 0.25) is 0 Å². The summed E-state index contributed by atoms with van der Waals surface area (Å²) in [7, 11) is -3.54. The van der Waals surface area contributed by atoms with Crippen LogP contribution in [0, 0.1) is 11.8 Å². The smallest absolute Gasteiger partial charge is 0.240 e. The highest BCUT2D eigenvalue weighted by Gasteiger charge is 2.42. The highest BCUT2D eigenvalue weighted by molar-refractivity contribution is 7.89. The number of nitrogens with zero attached hydrogens (tertiary/aromatic N) is 1. The molecule has 1 saturated heterocycles. The molecule has 3 rings (SSSR count). The van der Waals surface area contributed by atoms with Gasteiger partial charge in [0.25, 0.3) is 0 Å². The van der Waals surface area contributed by atoms with Crippen LogP contribution < -0.4 is 10.5 Å². The quantitative estimate of drug-likeness (QED) is 0.821. The standard InChI is InChI=1S/C16H23N3O3S/c17-15-7-6-12-10-19(11-14(12)15)16(20)8-9-18-23(21,22)13-4-2-1-3-5-13/h1-5,12,14-15,18H,6-11,17H2. The third-order valence-electron chi connectivity index (χ3n) is 4.95. The van der Waals surface area contributed by atoms with Gasteiger partial charge < -0.3 is 10.6 Å². The minimum atomic E-state index is -3.54. The van der Waals surface area contributed by atoms with Gasteiger partial charge in [-0.2, -0.15) is 0 Å². The first kappa shape index (κ1) is 16.4. The second kappa shape index (κ2) is 6.59. The first-order chi connectivity index (χ1) is 11.0. The van der Waals surface area contributed by atoms with E-state index in [-0.39, 0.29) is 29.8 Å². The second-order valence-electron chi connectivity index (χ2n) is 6.42. The van der Waals surface area contributed by atoms with Crippen molar-refractivity contribution in [2.75, 3.05) is 19.6 Å². The van der Waals surface area contributed by atoms with Crippen molar-refractivity contribution in [1.82, 2.24) is 9.62 Å². The molecule has 1 heterocycles. The molecule has 0 aromatic heterocycles.